The van der Waals surface area contributed by atoms with Crippen LogP contribution in [-0.2, 0) is 16.1 Å². The van der Waals surface area contributed by atoms with Crippen LogP contribution >= 0.6 is 11.8 Å². The van der Waals surface area contributed by atoms with Gasteiger partial charge < -0.3 is 14.7 Å². The quantitative estimate of drug-likeness (QED) is 0.826. The maximum Gasteiger partial charge on any atom is 0.294 e. The van der Waals surface area contributed by atoms with Crippen molar-refractivity contribution < 1.29 is 18.8 Å². The molecule has 3 rings (SSSR count). The molecule has 0 saturated carbocycles. The third-order valence-electron chi connectivity index (χ3n) is 3.98. The number of aromatic nitrogens is 1. The SMILES string of the molecule is Cc1cc(/C=C2\SC(=O)N(CC(N)=O)C2=O)c(C)n1Cc1ccco1. The van der Waals surface area contributed by atoms with Crippen molar-refractivity contribution >= 4 is 34.9 Å². The lowest BCUT2D eigenvalue weighted by Gasteiger charge is -2.08. The second kappa shape index (κ2) is 6.64. The van der Waals surface area contributed by atoms with E-state index < -0.39 is 23.6 Å². The predicted molar refractivity (Wildman–Crippen MR) is 93.6 cm³/mol. The summed E-state index contributed by atoms with van der Waals surface area (Å²) in [4.78, 5) is 36.3. The summed E-state index contributed by atoms with van der Waals surface area (Å²) in [6.45, 7) is 4.09. The highest BCUT2D eigenvalue weighted by atomic mass is 32.2. The molecule has 8 heteroatoms. The second-order valence-corrected chi connectivity index (χ2v) is 6.72. The third kappa shape index (κ3) is 3.39. The number of amides is 3. The fraction of sp³-hybridized carbons (Fsp3) is 0.235. The molecule has 25 heavy (non-hydrogen) atoms. The summed E-state index contributed by atoms with van der Waals surface area (Å²) in [5.41, 5.74) is 7.89. The Morgan fingerprint density at radius 3 is 2.76 bits per heavy atom. The molecule has 7 nitrogen and oxygen atoms in total. The lowest BCUT2D eigenvalue weighted by atomic mass is 10.2. The molecule has 0 radical (unpaired) electrons. The lowest BCUT2D eigenvalue weighted by molar-refractivity contribution is -0.127. The number of carbonyl (C=O) groups is 3. The zero-order valence-corrected chi connectivity index (χ0v) is 14.6. The summed E-state index contributed by atoms with van der Waals surface area (Å²) in [5, 5.41) is -0.487. The molecule has 130 valence electrons. The van der Waals surface area contributed by atoms with Crippen LogP contribution in [0, 0.1) is 13.8 Å². The van der Waals surface area contributed by atoms with Crippen LogP contribution in [0.4, 0.5) is 4.79 Å². The van der Waals surface area contributed by atoms with E-state index in [9.17, 15) is 14.4 Å². The van der Waals surface area contributed by atoms with Gasteiger partial charge in [-0.3, -0.25) is 19.3 Å². The Balaban J connectivity index is 1.88. The highest BCUT2D eigenvalue weighted by molar-refractivity contribution is 8.18. The highest BCUT2D eigenvalue weighted by Crippen LogP contribution is 2.33. The minimum absolute atomic E-state index is 0.282. The van der Waals surface area contributed by atoms with Gasteiger partial charge in [0.1, 0.15) is 12.3 Å². The number of thioether (sulfide) groups is 1. The van der Waals surface area contributed by atoms with E-state index in [1.54, 1.807) is 12.3 Å². The van der Waals surface area contributed by atoms with Crippen molar-refractivity contribution in [3.8, 4) is 0 Å². The first-order valence-corrected chi connectivity index (χ1v) is 8.41. The minimum Gasteiger partial charge on any atom is -0.467 e. The van der Waals surface area contributed by atoms with Gasteiger partial charge in [0.05, 0.1) is 17.7 Å². The number of rotatable bonds is 5. The van der Waals surface area contributed by atoms with Crippen LogP contribution in [-0.4, -0.2) is 33.1 Å². The van der Waals surface area contributed by atoms with Gasteiger partial charge in [-0.15, -0.1) is 0 Å². The molecule has 2 aromatic heterocycles. The largest absolute Gasteiger partial charge is 0.467 e. The van der Waals surface area contributed by atoms with Crippen LogP contribution in [0.1, 0.15) is 22.7 Å². The fourth-order valence-electron chi connectivity index (χ4n) is 2.71. The van der Waals surface area contributed by atoms with Gasteiger partial charge in [0.15, 0.2) is 0 Å². The first kappa shape index (κ1) is 17.1. The summed E-state index contributed by atoms with van der Waals surface area (Å²) in [6, 6.07) is 5.67. The van der Waals surface area contributed by atoms with Crippen molar-refractivity contribution in [2.45, 2.75) is 20.4 Å². The molecular formula is C17H17N3O4S. The number of aryl methyl sites for hydroxylation is 1. The smallest absolute Gasteiger partial charge is 0.294 e. The van der Waals surface area contributed by atoms with E-state index in [0.29, 0.717) is 6.54 Å². The fourth-order valence-corrected chi connectivity index (χ4v) is 3.54. The van der Waals surface area contributed by atoms with Gasteiger partial charge in [0.25, 0.3) is 11.1 Å². The van der Waals surface area contributed by atoms with Crippen molar-refractivity contribution in [2.24, 2.45) is 5.73 Å². The van der Waals surface area contributed by atoms with Gasteiger partial charge in [0, 0.05) is 11.4 Å². The Morgan fingerprint density at radius 2 is 2.12 bits per heavy atom. The van der Waals surface area contributed by atoms with E-state index in [2.05, 4.69) is 4.57 Å². The number of nitrogens with two attached hydrogens (primary N) is 1. The van der Waals surface area contributed by atoms with Crippen LogP contribution in [0.5, 0.6) is 0 Å². The number of furan rings is 1. The average molecular weight is 359 g/mol. The third-order valence-corrected chi connectivity index (χ3v) is 4.89. The molecule has 1 aliphatic rings. The minimum atomic E-state index is -0.722. The Bertz CT molecular complexity index is 880. The summed E-state index contributed by atoms with van der Waals surface area (Å²) in [6.07, 6.45) is 3.30. The summed E-state index contributed by atoms with van der Waals surface area (Å²) < 4.78 is 7.45. The maximum atomic E-state index is 12.3. The monoisotopic (exact) mass is 359 g/mol. The average Bonchev–Trinajstić information content (AvgIpc) is 3.21. The topological polar surface area (TPSA) is 98.5 Å². The van der Waals surface area contributed by atoms with E-state index in [1.807, 2.05) is 32.0 Å². The first-order valence-electron chi connectivity index (χ1n) is 7.59. The molecule has 3 heterocycles. The van der Waals surface area contributed by atoms with Crippen molar-refractivity contribution in [1.29, 1.82) is 0 Å². The summed E-state index contributed by atoms with van der Waals surface area (Å²) >= 11 is 0.811. The normalized spacial score (nSPS) is 16.2. The van der Waals surface area contributed by atoms with Crippen molar-refractivity contribution in [3.63, 3.8) is 0 Å². The molecule has 1 saturated heterocycles. The second-order valence-electron chi connectivity index (χ2n) is 5.73. The van der Waals surface area contributed by atoms with Gasteiger partial charge in [-0.1, -0.05) is 0 Å². The van der Waals surface area contributed by atoms with E-state index in [0.717, 1.165) is 39.4 Å². The number of carbonyl (C=O) groups excluding carboxylic acids is 3. The van der Waals surface area contributed by atoms with Crippen molar-refractivity contribution in [2.75, 3.05) is 6.54 Å². The van der Waals surface area contributed by atoms with Crippen LogP contribution in [0.2, 0.25) is 0 Å². The summed E-state index contributed by atoms with van der Waals surface area (Å²) in [5.74, 6) is -0.389. The van der Waals surface area contributed by atoms with Gasteiger partial charge >= 0.3 is 0 Å². The Kier molecular flexibility index (Phi) is 4.54. The van der Waals surface area contributed by atoms with E-state index in [-0.39, 0.29) is 4.91 Å². The molecule has 0 unspecified atom stereocenters. The first-order chi connectivity index (χ1) is 11.9. The summed E-state index contributed by atoms with van der Waals surface area (Å²) in [7, 11) is 0. The molecule has 1 fully saturated rings. The molecule has 2 N–H and O–H groups in total. The van der Waals surface area contributed by atoms with Crippen LogP contribution in [0.15, 0.2) is 33.8 Å². The standard InChI is InChI=1S/C17H17N3O4S/c1-10-6-12(11(2)19(10)8-13-4-3-5-24-13)7-14-16(22)20(9-15(18)21)17(23)25-14/h3-7H,8-9H2,1-2H3,(H2,18,21)/b14-7-. The number of hydrogen-bond donors (Lipinski definition) is 1. The number of imide groups is 1. The Labute approximate surface area is 148 Å². The number of nitrogens with zero attached hydrogens (tertiary/aromatic N) is 2. The van der Waals surface area contributed by atoms with Crippen LogP contribution in [0.3, 0.4) is 0 Å². The molecule has 0 spiro atoms. The molecule has 1 aliphatic heterocycles. The molecule has 0 aliphatic carbocycles. The molecular weight excluding hydrogens is 342 g/mol. The van der Waals surface area contributed by atoms with Gasteiger partial charge in [0.2, 0.25) is 5.91 Å². The molecule has 0 bridgehead atoms. The molecule has 0 atom stereocenters. The Hall–Kier alpha value is -2.74. The van der Waals surface area contributed by atoms with Gasteiger partial charge in [-0.25, -0.2) is 0 Å². The highest BCUT2D eigenvalue weighted by Gasteiger charge is 2.36. The Morgan fingerprint density at radius 1 is 1.36 bits per heavy atom. The maximum absolute atomic E-state index is 12.3. The zero-order valence-electron chi connectivity index (χ0n) is 13.8. The van der Waals surface area contributed by atoms with Crippen LogP contribution in [0.25, 0.3) is 6.08 Å². The molecule has 0 aromatic carbocycles. The van der Waals surface area contributed by atoms with Crippen LogP contribution < -0.4 is 5.73 Å². The predicted octanol–water partition coefficient (Wildman–Crippen LogP) is 2.27. The van der Waals surface area contributed by atoms with Crippen molar-refractivity contribution in [3.05, 3.63) is 52.1 Å². The van der Waals surface area contributed by atoms with Crippen molar-refractivity contribution in [1.82, 2.24) is 9.47 Å². The number of primary amides is 1. The van der Waals surface area contributed by atoms with E-state index in [4.69, 9.17) is 10.2 Å². The number of hydrogen-bond acceptors (Lipinski definition) is 5. The van der Waals surface area contributed by atoms with E-state index >= 15 is 0 Å². The van der Waals surface area contributed by atoms with Gasteiger partial charge in [-0.05, 0) is 55.4 Å². The lowest BCUT2D eigenvalue weighted by Crippen LogP contribution is -2.36. The van der Waals surface area contributed by atoms with Gasteiger partial charge in [-0.2, -0.15) is 0 Å². The molecule has 2 aromatic rings. The van der Waals surface area contributed by atoms with E-state index in [1.165, 1.54) is 0 Å². The molecule has 3 amide bonds. The zero-order chi connectivity index (χ0) is 18.1.